The fraction of sp³-hybridized carbons (Fsp3) is 0.364. The highest BCUT2D eigenvalue weighted by Crippen LogP contribution is 2.29. The molecule has 2 heterocycles. The van der Waals surface area contributed by atoms with E-state index in [1.54, 1.807) is 12.1 Å². The number of nitrogens with zero attached hydrogens (tertiary/aromatic N) is 2. The molecule has 0 aromatic heterocycles. The van der Waals surface area contributed by atoms with E-state index in [9.17, 15) is 14.4 Å². The van der Waals surface area contributed by atoms with E-state index in [0.29, 0.717) is 12.1 Å². The fourth-order valence-electron chi connectivity index (χ4n) is 4.03. The van der Waals surface area contributed by atoms with Crippen LogP contribution in [0, 0.1) is 17.1 Å². The van der Waals surface area contributed by atoms with Crippen LogP contribution in [0.2, 0.25) is 0 Å². The Kier molecular flexibility index (Phi) is 5.27. The van der Waals surface area contributed by atoms with Gasteiger partial charge in [-0.1, -0.05) is 18.2 Å². The first kappa shape index (κ1) is 18.5. The highest BCUT2D eigenvalue weighted by Gasteiger charge is 2.29. The van der Waals surface area contributed by atoms with Gasteiger partial charge < -0.3 is 15.5 Å². The average Bonchev–Trinajstić information content (AvgIpc) is 3.40. The van der Waals surface area contributed by atoms with Crippen molar-refractivity contribution < 1.29 is 9.18 Å². The normalized spacial score (nSPS) is 21.5. The van der Waals surface area contributed by atoms with E-state index in [2.05, 4.69) is 21.6 Å². The molecule has 1 amide bonds. The number of carbonyl (C=O) groups excluding carboxylic acids is 1. The monoisotopic (exact) mass is 378 g/mol. The van der Waals surface area contributed by atoms with Crippen LogP contribution in [0.15, 0.2) is 42.5 Å². The van der Waals surface area contributed by atoms with E-state index in [0.717, 1.165) is 49.2 Å². The van der Waals surface area contributed by atoms with Crippen LogP contribution in [-0.2, 0) is 4.79 Å². The lowest BCUT2D eigenvalue weighted by Crippen LogP contribution is -2.46. The van der Waals surface area contributed by atoms with E-state index in [1.165, 1.54) is 12.1 Å². The number of carbonyl (C=O) groups is 1. The van der Waals surface area contributed by atoms with Gasteiger partial charge in [-0.05, 0) is 61.2 Å². The average molecular weight is 378 g/mol. The third-order valence-electron chi connectivity index (χ3n) is 5.55. The van der Waals surface area contributed by atoms with E-state index >= 15 is 0 Å². The Hall–Kier alpha value is -2.91. The van der Waals surface area contributed by atoms with Crippen molar-refractivity contribution in [2.45, 2.75) is 31.3 Å². The lowest BCUT2D eigenvalue weighted by molar-refractivity contribution is -0.123. The summed E-state index contributed by atoms with van der Waals surface area (Å²) in [4.78, 5) is 14.5. The standard InChI is InChI=1S/C22H23FN4O/c23-18-6-3-15(4-7-18)16-5-8-21(17(12-16)13-24)27-11-9-19(14-27)26-22(28)20-2-1-10-25-20/h3-8,12,19-20,25H,1-2,9-11,14H2,(H,26,28)/t19-,20-/m0/s1. The molecule has 0 saturated carbocycles. The molecule has 0 aliphatic carbocycles. The zero-order valence-electron chi connectivity index (χ0n) is 15.6. The molecule has 2 aliphatic heterocycles. The highest BCUT2D eigenvalue weighted by molar-refractivity contribution is 5.82. The molecule has 2 aliphatic rings. The van der Waals surface area contributed by atoms with Crippen LogP contribution in [0.25, 0.3) is 11.1 Å². The van der Waals surface area contributed by atoms with Crippen LogP contribution < -0.4 is 15.5 Å². The predicted octanol–water partition coefficient (Wildman–Crippen LogP) is 2.81. The second-order valence-electron chi connectivity index (χ2n) is 7.44. The summed E-state index contributed by atoms with van der Waals surface area (Å²) in [5.74, 6) is -0.199. The molecule has 2 saturated heterocycles. The first-order valence-electron chi connectivity index (χ1n) is 9.73. The Labute approximate surface area is 164 Å². The SMILES string of the molecule is N#Cc1cc(-c2ccc(F)cc2)ccc1N1CC[C@H](NC(=O)[C@@H]2CCCN2)C1. The largest absolute Gasteiger partial charge is 0.368 e. The van der Waals surface area contributed by atoms with Gasteiger partial charge in [0.1, 0.15) is 11.9 Å². The quantitative estimate of drug-likeness (QED) is 0.859. The molecule has 0 radical (unpaired) electrons. The minimum Gasteiger partial charge on any atom is -0.368 e. The van der Waals surface area contributed by atoms with Gasteiger partial charge in [-0.3, -0.25) is 4.79 Å². The number of rotatable bonds is 4. The first-order valence-corrected chi connectivity index (χ1v) is 9.73. The van der Waals surface area contributed by atoms with E-state index in [1.807, 2.05) is 18.2 Å². The second-order valence-corrected chi connectivity index (χ2v) is 7.44. The Balaban J connectivity index is 1.46. The van der Waals surface area contributed by atoms with Crippen molar-refractivity contribution in [1.29, 1.82) is 5.26 Å². The second kappa shape index (κ2) is 7.99. The lowest BCUT2D eigenvalue weighted by Gasteiger charge is -2.21. The first-order chi connectivity index (χ1) is 13.6. The maximum atomic E-state index is 13.1. The van der Waals surface area contributed by atoms with Crippen molar-refractivity contribution in [3.63, 3.8) is 0 Å². The molecule has 6 heteroatoms. The van der Waals surface area contributed by atoms with Crippen molar-refractivity contribution in [2.75, 3.05) is 24.5 Å². The number of nitrogens with one attached hydrogen (secondary N) is 2. The molecule has 4 rings (SSSR count). The van der Waals surface area contributed by atoms with Gasteiger partial charge in [0.05, 0.1) is 17.3 Å². The van der Waals surface area contributed by atoms with Gasteiger partial charge in [0.2, 0.25) is 5.91 Å². The van der Waals surface area contributed by atoms with E-state index in [-0.39, 0.29) is 23.8 Å². The third-order valence-corrected chi connectivity index (χ3v) is 5.55. The smallest absolute Gasteiger partial charge is 0.237 e. The third kappa shape index (κ3) is 3.85. The lowest BCUT2D eigenvalue weighted by atomic mass is 10.0. The minimum atomic E-state index is -0.279. The topological polar surface area (TPSA) is 68.2 Å². The summed E-state index contributed by atoms with van der Waals surface area (Å²) in [6, 6.07) is 14.3. The van der Waals surface area contributed by atoms with Gasteiger partial charge in [0.25, 0.3) is 0 Å². The summed E-state index contributed by atoms with van der Waals surface area (Å²) in [6.07, 6.45) is 2.80. The molecule has 2 fully saturated rings. The van der Waals surface area contributed by atoms with Gasteiger partial charge in [-0.15, -0.1) is 0 Å². The molecule has 28 heavy (non-hydrogen) atoms. The van der Waals surface area contributed by atoms with Crippen LogP contribution in [0.4, 0.5) is 10.1 Å². The summed E-state index contributed by atoms with van der Waals surface area (Å²) in [5, 5.41) is 16.0. The van der Waals surface area contributed by atoms with Crippen LogP contribution >= 0.6 is 0 Å². The predicted molar refractivity (Wildman–Crippen MR) is 106 cm³/mol. The van der Waals surface area contributed by atoms with Gasteiger partial charge >= 0.3 is 0 Å². The Morgan fingerprint density at radius 1 is 1.18 bits per heavy atom. The maximum Gasteiger partial charge on any atom is 0.237 e. The molecule has 5 nitrogen and oxygen atoms in total. The number of hydrogen-bond acceptors (Lipinski definition) is 4. The summed E-state index contributed by atoms with van der Waals surface area (Å²) in [7, 11) is 0. The Morgan fingerprint density at radius 3 is 2.68 bits per heavy atom. The van der Waals surface area contributed by atoms with Crippen LogP contribution in [0.3, 0.4) is 0 Å². The molecule has 0 bridgehead atoms. The van der Waals surface area contributed by atoms with Crippen molar-refractivity contribution in [3.8, 4) is 17.2 Å². The molecular weight excluding hydrogens is 355 g/mol. The van der Waals surface area contributed by atoms with Gasteiger partial charge in [-0.25, -0.2) is 4.39 Å². The van der Waals surface area contributed by atoms with Crippen molar-refractivity contribution in [1.82, 2.24) is 10.6 Å². The van der Waals surface area contributed by atoms with Crippen LogP contribution in [0.1, 0.15) is 24.8 Å². The van der Waals surface area contributed by atoms with Crippen LogP contribution in [-0.4, -0.2) is 37.6 Å². The van der Waals surface area contributed by atoms with Crippen molar-refractivity contribution >= 4 is 11.6 Å². The van der Waals surface area contributed by atoms with Crippen LogP contribution in [0.5, 0.6) is 0 Å². The highest BCUT2D eigenvalue weighted by atomic mass is 19.1. The molecule has 2 N–H and O–H groups in total. The van der Waals surface area contributed by atoms with E-state index in [4.69, 9.17) is 0 Å². The zero-order valence-corrected chi connectivity index (χ0v) is 15.6. The Morgan fingerprint density at radius 2 is 1.96 bits per heavy atom. The van der Waals surface area contributed by atoms with Gasteiger partial charge in [0.15, 0.2) is 0 Å². The maximum absolute atomic E-state index is 13.1. The van der Waals surface area contributed by atoms with Gasteiger partial charge in [0, 0.05) is 19.1 Å². The van der Waals surface area contributed by atoms with Gasteiger partial charge in [-0.2, -0.15) is 5.26 Å². The molecular formula is C22H23FN4O. The molecule has 0 spiro atoms. The number of benzene rings is 2. The molecule has 2 aromatic rings. The molecule has 0 unspecified atom stereocenters. The van der Waals surface area contributed by atoms with E-state index < -0.39 is 0 Å². The summed E-state index contributed by atoms with van der Waals surface area (Å²) in [5.41, 5.74) is 3.23. The van der Waals surface area contributed by atoms with Crippen molar-refractivity contribution in [2.24, 2.45) is 0 Å². The van der Waals surface area contributed by atoms with Crippen molar-refractivity contribution in [3.05, 3.63) is 53.8 Å². The minimum absolute atomic E-state index is 0.0706. The number of halogens is 1. The summed E-state index contributed by atoms with van der Waals surface area (Å²) in [6.45, 7) is 2.40. The number of anilines is 1. The summed E-state index contributed by atoms with van der Waals surface area (Å²) < 4.78 is 13.1. The number of hydrogen-bond donors (Lipinski definition) is 2. The Bertz CT molecular complexity index is 900. The fourth-order valence-corrected chi connectivity index (χ4v) is 4.03. The zero-order chi connectivity index (χ0) is 19.5. The number of nitriles is 1. The summed E-state index contributed by atoms with van der Waals surface area (Å²) >= 11 is 0. The molecule has 2 atom stereocenters. The molecule has 144 valence electrons. The number of amides is 1. The molecule has 2 aromatic carbocycles.